The fraction of sp³-hybridized carbons (Fsp3) is 0.100. The molecule has 0 atom stereocenters. The Labute approximate surface area is 80.1 Å². The molecule has 14 heavy (non-hydrogen) atoms. The number of phenolic OH excluding ortho intramolecular Hbond substituents is 2. The lowest BCUT2D eigenvalue weighted by molar-refractivity contribution is 0.282. The van der Waals surface area contributed by atoms with Crippen LogP contribution in [0.1, 0.15) is 5.56 Å². The van der Waals surface area contributed by atoms with Crippen molar-refractivity contribution in [1.29, 1.82) is 0 Å². The highest BCUT2D eigenvalue weighted by molar-refractivity contribution is 5.92. The molecule has 0 aliphatic heterocycles. The zero-order valence-electron chi connectivity index (χ0n) is 7.31. The second-order valence-corrected chi connectivity index (χ2v) is 2.98. The maximum atomic E-state index is 9.52. The minimum Gasteiger partial charge on any atom is -0.504 e. The molecule has 4 heteroatoms. The number of rotatable bonds is 1. The number of phenols is 2. The first-order valence-corrected chi connectivity index (χ1v) is 4.12. The molecule has 0 unspecified atom stereocenters. The van der Waals surface area contributed by atoms with E-state index in [1.807, 2.05) is 0 Å². The number of aliphatic hydroxyl groups excluding tert-OH is 1. The molecule has 1 aromatic heterocycles. The second kappa shape index (κ2) is 3.16. The fourth-order valence-corrected chi connectivity index (χ4v) is 1.44. The van der Waals surface area contributed by atoms with E-state index < -0.39 is 0 Å². The van der Waals surface area contributed by atoms with E-state index in [4.69, 9.17) is 5.11 Å². The summed E-state index contributed by atoms with van der Waals surface area (Å²) in [4.78, 5) is 3.89. The smallest absolute Gasteiger partial charge is 0.165 e. The van der Waals surface area contributed by atoms with Crippen molar-refractivity contribution < 1.29 is 15.3 Å². The molecule has 2 rings (SSSR count). The third kappa shape index (κ3) is 1.16. The molecular formula is C10H9NO3. The molecule has 0 fully saturated rings. The summed E-state index contributed by atoms with van der Waals surface area (Å²) >= 11 is 0. The number of fused-ring (bicyclic) bond motifs is 1. The van der Waals surface area contributed by atoms with E-state index in [0.29, 0.717) is 16.3 Å². The van der Waals surface area contributed by atoms with Gasteiger partial charge in [-0.3, -0.25) is 4.98 Å². The van der Waals surface area contributed by atoms with Gasteiger partial charge in [0.2, 0.25) is 0 Å². The Bertz CT molecular complexity index is 482. The van der Waals surface area contributed by atoms with Crippen molar-refractivity contribution in [3.05, 3.63) is 30.1 Å². The number of nitrogens with zero attached hydrogens (tertiary/aromatic N) is 1. The van der Waals surface area contributed by atoms with Gasteiger partial charge in [-0.2, -0.15) is 0 Å². The Morgan fingerprint density at radius 2 is 2.00 bits per heavy atom. The summed E-state index contributed by atoms with van der Waals surface area (Å²) in [6.07, 6.45) is 3.06. The van der Waals surface area contributed by atoms with Crippen molar-refractivity contribution in [1.82, 2.24) is 4.98 Å². The molecule has 2 aromatic rings. The predicted octanol–water partition coefficient (Wildman–Crippen LogP) is 1.14. The average molecular weight is 191 g/mol. The van der Waals surface area contributed by atoms with Crippen LogP contribution in [0.5, 0.6) is 11.5 Å². The van der Waals surface area contributed by atoms with Crippen molar-refractivity contribution in [2.75, 3.05) is 0 Å². The van der Waals surface area contributed by atoms with Gasteiger partial charge in [0.05, 0.1) is 6.61 Å². The van der Waals surface area contributed by atoms with E-state index in [1.54, 1.807) is 12.3 Å². The Morgan fingerprint density at radius 1 is 1.21 bits per heavy atom. The van der Waals surface area contributed by atoms with Crippen LogP contribution in [0.4, 0.5) is 0 Å². The number of aliphatic hydroxyl groups is 1. The van der Waals surface area contributed by atoms with Gasteiger partial charge in [-0.15, -0.1) is 0 Å². The molecule has 0 bridgehead atoms. The van der Waals surface area contributed by atoms with Crippen LogP contribution in [-0.2, 0) is 6.61 Å². The van der Waals surface area contributed by atoms with Crippen LogP contribution in [0.3, 0.4) is 0 Å². The number of benzene rings is 1. The maximum Gasteiger partial charge on any atom is 0.165 e. The Balaban J connectivity index is 2.89. The Morgan fingerprint density at radius 3 is 2.71 bits per heavy atom. The fourth-order valence-electron chi connectivity index (χ4n) is 1.44. The summed E-state index contributed by atoms with van der Waals surface area (Å²) in [6.45, 7) is -0.198. The molecule has 1 heterocycles. The van der Waals surface area contributed by atoms with Gasteiger partial charge in [0.25, 0.3) is 0 Å². The lowest BCUT2D eigenvalue weighted by atomic mass is 10.1. The van der Waals surface area contributed by atoms with Crippen molar-refractivity contribution in [2.24, 2.45) is 0 Å². The molecule has 0 aliphatic carbocycles. The summed E-state index contributed by atoms with van der Waals surface area (Å²) in [5, 5.41) is 29.0. The standard InChI is InChI=1S/C10H9NO3/c12-5-6-3-9(13)10(14)7-1-2-11-4-8(6)7/h1-4,12-14H,5H2. The van der Waals surface area contributed by atoms with Crippen molar-refractivity contribution >= 4 is 10.8 Å². The average Bonchev–Trinajstić information content (AvgIpc) is 2.23. The number of aromatic hydroxyl groups is 2. The minimum atomic E-state index is -0.229. The molecule has 72 valence electrons. The zero-order valence-corrected chi connectivity index (χ0v) is 7.31. The predicted molar refractivity (Wildman–Crippen MR) is 51.0 cm³/mol. The summed E-state index contributed by atoms with van der Waals surface area (Å²) in [5.74, 6) is -0.410. The topological polar surface area (TPSA) is 73.6 Å². The van der Waals surface area contributed by atoms with Gasteiger partial charge in [-0.1, -0.05) is 0 Å². The highest BCUT2D eigenvalue weighted by atomic mass is 16.3. The van der Waals surface area contributed by atoms with Crippen LogP contribution < -0.4 is 0 Å². The van der Waals surface area contributed by atoms with Gasteiger partial charge in [0.1, 0.15) is 0 Å². The highest BCUT2D eigenvalue weighted by Gasteiger charge is 2.09. The third-order valence-electron chi connectivity index (χ3n) is 2.15. The van der Waals surface area contributed by atoms with Crippen LogP contribution in [0.15, 0.2) is 24.5 Å². The second-order valence-electron chi connectivity index (χ2n) is 2.98. The largest absolute Gasteiger partial charge is 0.504 e. The zero-order chi connectivity index (χ0) is 10.1. The lowest BCUT2D eigenvalue weighted by Crippen LogP contribution is -1.87. The van der Waals surface area contributed by atoms with E-state index in [0.717, 1.165) is 0 Å². The van der Waals surface area contributed by atoms with Gasteiger partial charge in [0.15, 0.2) is 11.5 Å². The molecule has 0 amide bonds. The molecule has 1 aromatic carbocycles. The Hall–Kier alpha value is -1.81. The van der Waals surface area contributed by atoms with Crippen LogP contribution in [0, 0.1) is 0 Å². The lowest BCUT2D eigenvalue weighted by Gasteiger charge is -2.06. The molecule has 4 nitrogen and oxygen atoms in total. The van der Waals surface area contributed by atoms with Crippen molar-refractivity contribution in [2.45, 2.75) is 6.61 Å². The van der Waals surface area contributed by atoms with Crippen LogP contribution in [0.25, 0.3) is 10.8 Å². The van der Waals surface area contributed by atoms with Crippen LogP contribution in [-0.4, -0.2) is 20.3 Å². The van der Waals surface area contributed by atoms with Crippen LogP contribution in [0.2, 0.25) is 0 Å². The maximum absolute atomic E-state index is 9.52. The van der Waals surface area contributed by atoms with Gasteiger partial charge in [-0.05, 0) is 17.7 Å². The molecular weight excluding hydrogens is 182 g/mol. The number of hydrogen-bond acceptors (Lipinski definition) is 4. The van der Waals surface area contributed by atoms with E-state index in [-0.39, 0.29) is 18.1 Å². The number of hydrogen-bond donors (Lipinski definition) is 3. The molecule has 0 aliphatic rings. The third-order valence-corrected chi connectivity index (χ3v) is 2.15. The Kier molecular flexibility index (Phi) is 1.98. The highest BCUT2D eigenvalue weighted by Crippen LogP contribution is 2.35. The summed E-state index contributed by atoms with van der Waals surface area (Å²) in [6, 6.07) is 2.92. The molecule has 0 radical (unpaired) electrons. The van der Waals surface area contributed by atoms with E-state index in [9.17, 15) is 10.2 Å². The number of aromatic nitrogens is 1. The normalized spacial score (nSPS) is 10.6. The minimum absolute atomic E-state index is 0.181. The first-order valence-electron chi connectivity index (χ1n) is 4.12. The monoisotopic (exact) mass is 191 g/mol. The first-order chi connectivity index (χ1) is 6.74. The van der Waals surface area contributed by atoms with E-state index in [2.05, 4.69) is 4.98 Å². The summed E-state index contributed by atoms with van der Waals surface area (Å²) in [5.41, 5.74) is 0.545. The van der Waals surface area contributed by atoms with E-state index in [1.165, 1.54) is 12.3 Å². The van der Waals surface area contributed by atoms with Crippen molar-refractivity contribution in [3.8, 4) is 11.5 Å². The molecule has 0 saturated heterocycles. The van der Waals surface area contributed by atoms with Crippen molar-refractivity contribution in [3.63, 3.8) is 0 Å². The van der Waals surface area contributed by atoms with Gasteiger partial charge < -0.3 is 15.3 Å². The first kappa shape index (κ1) is 8.77. The van der Waals surface area contributed by atoms with Gasteiger partial charge in [0, 0.05) is 23.2 Å². The van der Waals surface area contributed by atoms with Gasteiger partial charge >= 0.3 is 0 Å². The molecule has 0 saturated carbocycles. The summed E-state index contributed by atoms with van der Waals surface area (Å²) in [7, 11) is 0. The van der Waals surface area contributed by atoms with Gasteiger partial charge in [-0.25, -0.2) is 0 Å². The number of pyridine rings is 1. The molecule has 0 spiro atoms. The van der Waals surface area contributed by atoms with Crippen LogP contribution >= 0.6 is 0 Å². The summed E-state index contributed by atoms with van der Waals surface area (Å²) < 4.78 is 0. The van der Waals surface area contributed by atoms with E-state index >= 15 is 0 Å². The quantitative estimate of drug-likeness (QED) is 0.591. The molecule has 3 N–H and O–H groups in total. The SMILES string of the molecule is OCc1cc(O)c(O)c2ccncc12.